The highest BCUT2D eigenvalue weighted by Gasteiger charge is 2.32. The Balaban J connectivity index is 2.43. The van der Waals surface area contributed by atoms with Crippen LogP contribution < -0.4 is 5.73 Å². The van der Waals surface area contributed by atoms with Gasteiger partial charge in [-0.25, -0.2) is 13.5 Å². The number of benzene rings is 1. The molecule has 1 aromatic heterocycles. The molecule has 2 rings (SSSR count). The van der Waals surface area contributed by atoms with E-state index in [2.05, 4.69) is 5.10 Å². The number of alkyl halides is 3. The molecule has 8 heteroatoms. The Morgan fingerprint density at radius 2 is 1.81 bits per heavy atom. The standard InChI is InChI=1S/C13H12F5N3/c1-7(19)2-8-3-10(14)12(11(15)4-8)21-6-9(5-20-21)13(16,17)18/h3-7H,2,19H2,1H3. The van der Waals surface area contributed by atoms with Crippen molar-refractivity contribution in [2.24, 2.45) is 5.73 Å². The van der Waals surface area contributed by atoms with Gasteiger partial charge >= 0.3 is 6.18 Å². The summed E-state index contributed by atoms with van der Waals surface area (Å²) in [5.41, 5.74) is 4.13. The first-order chi connectivity index (χ1) is 9.68. The minimum absolute atomic E-state index is 0.251. The summed E-state index contributed by atoms with van der Waals surface area (Å²) in [6.45, 7) is 1.67. The fourth-order valence-corrected chi connectivity index (χ4v) is 1.92. The van der Waals surface area contributed by atoms with E-state index < -0.39 is 29.1 Å². The number of hydrogen-bond acceptors (Lipinski definition) is 2. The summed E-state index contributed by atoms with van der Waals surface area (Å²) in [7, 11) is 0. The van der Waals surface area contributed by atoms with Gasteiger partial charge in [-0.3, -0.25) is 0 Å². The maximum absolute atomic E-state index is 13.9. The van der Waals surface area contributed by atoms with Gasteiger partial charge in [-0.2, -0.15) is 18.3 Å². The average molecular weight is 305 g/mol. The summed E-state index contributed by atoms with van der Waals surface area (Å²) in [4.78, 5) is 0. The summed E-state index contributed by atoms with van der Waals surface area (Å²) < 4.78 is 65.8. The van der Waals surface area contributed by atoms with Crippen molar-refractivity contribution in [2.45, 2.75) is 25.6 Å². The summed E-state index contributed by atoms with van der Waals surface area (Å²) in [5, 5.41) is 3.36. The van der Waals surface area contributed by atoms with Gasteiger partial charge in [0.1, 0.15) is 5.69 Å². The lowest BCUT2D eigenvalue weighted by Crippen LogP contribution is -2.18. The second kappa shape index (κ2) is 5.44. The highest BCUT2D eigenvalue weighted by molar-refractivity contribution is 5.38. The fraction of sp³-hybridized carbons (Fsp3) is 0.308. The molecule has 0 fully saturated rings. The molecular formula is C13H12F5N3. The van der Waals surface area contributed by atoms with E-state index in [1.165, 1.54) is 0 Å². The van der Waals surface area contributed by atoms with Gasteiger partial charge in [0.15, 0.2) is 11.6 Å². The third-order valence-corrected chi connectivity index (χ3v) is 2.77. The molecule has 21 heavy (non-hydrogen) atoms. The van der Waals surface area contributed by atoms with Crippen LogP contribution in [0.3, 0.4) is 0 Å². The number of rotatable bonds is 3. The zero-order valence-corrected chi connectivity index (χ0v) is 11.0. The molecular weight excluding hydrogens is 293 g/mol. The Labute approximate surface area is 117 Å². The first kappa shape index (κ1) is 15.4. The van der Waals surface area contributed by atoms with Crippen LogP contribution in [-0.2, 0) is 12.6 Å². The molecule has 1 aromatic carbocycles. The highest BCUT2D eigenvalue weighted by atomic mass is 19.4. The van der Waals surface area contributed by atoms with Gasteiger partial charge in [0.05, 0.1) is 11.8 Å². The molecule has 2 N–H and O–H groups in total. The quantitative estimate of drug-likeness (QED) is 0.886. The number of hydrogen-bond donors (Lipinski definition) is 1. The summed E-state index contributed by atoms with van der Waals surface area (Å²) in [6.07, 6.45) is -3.33. The van der Waals surface area contributed by atoms with Crippen LogP contribution in [0, 0.1) is 11.6 Å². The maximum Gasteiger partial charge on any atom is 0.419 e. The highest BCUT2D eigenvalue weighted by Crippen LogP contribution is 2.30. The summed E-state index contributed by atoms with van der Waals surface area (Å²) in [5.74, 6) is -2.00. The molecule has 0 bridgehead atoms. The van der Waals surface area contributed by atoms with E-state index in [1.807, 2.05) is 0 Å². The van der Waals surface area contributed by atoms with Crippen LogP contribution in [0.5, 0.6) is 0 Å². The molecule has 0 amide bonds. The van der Waals surface area contributed by atoms with Crippen molar-refractivity contribution in [3.63, 3.8) is 0 Å². The normalized spacial score (nSPS) is 13.5. The lowest BCUT2D eigenvalue weighted by atomic mass is 10.1. The second-order valence-corrected chi connectivity index (χ2v) is 4.76. The van der Waals surface area contributed by atoms with Crippen molar-refractivity contribution in [2.75, 3.05) is 0 Å². The molecule has 0 aliphatic heterocycles. The molecule has 0 saturated carbocycles. The smallest absolute Gasteiger partial charge is 0.328 e. The van der Waals surface area contributed by atoms with Crippen molar-refractivity contribution in [3.8, 4) is 5.69 Å². The minimum Gasteiger partial charge on any atom is -0.328 e. The fourth-order valence-electron chi connectivity index (χ4n) is 1.92. The third kappa shape index (κ3) is 3.38. The van der Waals surface area contributed by atoms with Crippen LogP contribution in [0.4, 0.5) is 22.0 Å². The van der Waals surface area contributed by atoms with Gasteiger partial charge in [-0.1, -0.05) is 0 Å². The zero-order chi connectivity index (χ0) is 15.8. The summed E-state index contributed by atoms with van der Waals surface area (Å²) in [6, 6.07) is 1.78. The van der Waals surface area contributed by atoms with E-state index in [-0.39, 0.29) is 12.5 Å². The molecule has 0 aliphatic rings. The van der Waals surface area contributed by atoms with Gasteiger partial charge in [-0.15, -0.1) is 0 Å². The molecule has 0 spiro atoms. The van der Waals surface area contributed by atoms with Crippen LogP contribution >= 0.6 is 0 Å². The predicted octanol–water partition coefficient (Wildman–Crippen LogP) is 3.06. The molecule has 0 saturated heterocycles. The number of nitrogens with zero attached hydrogens (tertiary/aromatic N) is 2. The molecule has 2 aromatic rings. The van der Waals surface area contributed by atoms with E-state index in [9.17, 15) is 22.0 Å². The molecule has 1 heterocycles. The van der Waals surface area contributed by atoms with Gasteiger partial charge in [-0.05, 0) is 31.0 Å². The number of halogens is 5. The first-order valence-electron chi connectivity index (χ1n) is 6.04. The van der Waals surface area contributed by atoms with Gasteiger partial charge in [0, 0.05) is 12.2 Å². The molecule has 3 nitrogen and oxygen atoms in total. The predicted molar refractivity (Wildman–Crippen MR) is 65.8 cm³/mol. The number of nitrogens with two attached hydrogens (primary N) is 1. The molecule has 1 unspecified atom stereocenters. The second-order valence-electron chi connectivity index (χ2n) is 4.76. The Bertz CT molecular complexity index is 622. The van der Waals surface area contributed by atoms with Crippen LogP contribution in [-0.4, -0.2) is 15.8 Å². The lowest BCUT2D eigenvalue weighted by Gasteiger charge is -2.10. The Kier molecular flexibility index (Phi) is 3.99. The van der Waals surface area contributed by atoms with E-state index in [0.717, 1.165) is 12.1 Å². The first-order valence-corrected chi connectivity index (χ1v) is 6.04. The van der Waals surface area contributed by atoms with E-state index in [4.69, 9.17) is 5.73 Å². The molecule has 114 valence electrons. The monoisotopic (exact) mass is 305 g/mol. The molecule has 1 atom stereocenters. The Morgan fingerprint density at radius 1 is 1.24 bits per heavy atom. The Morgan fingerprint density at radius 3 is 2.24 bits per heavy atom. The van der Waals surface area contributed by atoms with Gasteiger partial charge in [0.25, 0.3) is 0 Å². The topological polar surface area (TPSA) is 43.8 Å². The van der Waals surface area contributed by atoms with Crippen LogP contribution in [0.15, 0.2) is 24.5 Å². The molecule has 0 radical (unpaired) electrons. The van der Waals surface area contributed by atoms with Gasteiger partial charge in [0.2, 0.25) is 0 Å². The van der Waals surface area contributed by atoms with E-state index in [1.54, 1.807) is 6.92 Å². The number of aromatic nitrogens is 2. The van der Waals surface area contributed by atoms with Crippen molar-refractivity contribution >= 4 is 0 Å². The maximum atomic E-state index is 13.9. The van der Waals surface area contributed by atoms with Crippen molar-refractivity contribution in [1.29, 1.82) is 0 Å². The summed E-state index contributed by atoms with van der Waals surface area (Å²) >= 11 is 0. The van der Waals surface area contributed by atoms with Crippen LogP contribution in [0.25, 0.3) is 5.69 Å². The van der Waals surface area contributed by atoms with Crippen LogP contribution in [0.1, 0.15) is 18.1 Å². The van der Waals surface area contributed by atoms with Crippen molar-refractivity contribution < 1.29 is 22.0 Å². The van der Waals surface area contributed by atoms with Gasteiger partial charge < -0.3 is 5.73 Å². The lowest BCUT2D eigenvalue weighted by molar-refractivity contribution is -0.137. The Hall–Kier alpha value is -1.96. The SMILES string of the molecule is CC(N)Cc1cc(F)c(-n2cc(C(F)(F)F)cn2)c(F)c1. The largest absolute Gasteiger partial charge is 0.419 e. The van der Waals surface area contributed by atoms with Crippen molar-refractivity contribution in [3.05, 3.63) is 47.3 Å². The zero-order valence-electron chi connectivity index (χ0n) is 11.0. The minimum atomic E-state index is -4.62. The van der Waals surface area contributed by atoms with Crippen molar-refractivity contribution in [1.82, 2.24) is 9.78 Å². The van der Waals surface area contributed by atoms with E-state index in [0.29, 0.717) is 22.6 Å². The molecule has 0 aliphatic carbocycles. The van der Waals surface area contributed by atoms with Crippen LogP contribution in [0.2, 0.25) is 0 Å². The van der Waals surface area contributed by atoms with E-state index >= 15 is 0 Å². The third-order valence-electron chi connectivity index (χ3n) is 2.77. The average Bonchev–Trinajstić information content (AvgIpc) is 2.75.